The van der Waals surface area contributed by atoms with E-state index in [2.05, 4.69) is 10.6 Å². The van der Waals surface area contributed by atoms with Crippen molar-refractivity contribution in [2.24, 2.45) is 0 Å². The lowest BCUT2D eigenvalue weighted by molar-refractivity contribution is 0.0930. The van der Waals surface area contributed by atoms with Gasteiger partial charge in [0.05, 0.1) is 9.09 Å². The first-order valence-electron chi connectivity index (χ1n) is 8.54. The average Bonchev–Trinajstić information content (AvgIpc) is 3.32. The van der Waals surface area contributed by atoms with Crippen LogP contribution in [0.4, 0.5) is 0 Å². The van der Waals surface area contributed by atoms with Gasteiger partial charge in [0.2, 0.25) is 0 Å². The molecule has 1 aromatic heterocycles. The predicted octanol–water partition coefficient (Wildman–Crippen LogP) is 3.72. The van der Waals surface area contributed by atoms with Crippen molar-refractivity contribution >= 4 is 34.8 Å². The lowest BCUT2D eigenvalue weighted by Crippen LogP contribution is -2.42. The van der Waals surface area contributed by atoms with Crippen LogP contribution in [0.5, 0.6) is 0 Å². The highest BCUT2D eigenvalue weighted by molar-refractivity contribution is 8.01. The van der Waals surface area contributed by atoms with Crippen LogP contribution < -0.4 is 10.6 Å². The Hall–Kier alpha value is -1.63. The first-order chi connectivity index (χ1) is 12.1. The average molecular weight is 373 g/mol. The molecule has 130 valence electrons. The van der Waals surface area contributed by atoms with Gasteiger partial charge in [0.25, 0.3) is 5.91 Å². The second kappa shape index (κ2) is 6.94. The van der Waals surface area contributed by atoms with Crippen LogP contribution in [0, 0.1) is 0 Å². The Balaban J connectivity index is 1.37. The van der Waals surface area contributed by atoms with Crippen LogP contribution in [-0.4, -0.2) is 29.8 Å². The minimum absolute atomic E-state index is 0.00545. The number of carbonyl (C=O) groups excluding carboxylic acids is 2. The molecule has 2 saturated heterocycles. The van der Waals surface area contributed by atoms with Gasteiger partial charge in [0.15, 0.2) is 5.78 Å². The van der Waals surface area contributed by atoms with Crippen molar-refractivity contribution < 1.29 is 9.59 Å². The zero-order valence-corrected chi connectivity index (χ0v) is 15.6. The van der Waals surface area contributed by atoms with Crippen LogP contribution in [0.1, 0.15) is 46.2 Å². The summed E-state index contributed by atoms with van der Waals surface area (Å²) in [6, 6.07) is 12.8. The molecule has 1 amide bonds. The molecule has 0 unspecified atom stereocenters. The molecule has 2 fully saturated rings. The molecule has 2 N–H and O–H groups in total. The molecule has 4 nitrogen and oxygen atoms in total. The Bertz CT molecular complexity index is 800. The van der Waals surface area contributed by atoms with E-state index >= 15 is 0 Å². The van der Waals surface area contributed by atoms with Crippen LogP contribution in [0.3, 0.4) is 0 Å². The smallest absolute Gasteiger partial charge is 0.251 e. The summed E-state index contributed by atoms with van der Waals surface area (Å²) in [4.78, 5) is 25.7. The molecule has 0 saturated carbocycles. The molecule has 0 spiro atoms. The highest BCUT2D eigenvalue weighted by Gasteiger charge is 2.39. The fourth-order valence-corrected chi connectivity index (χ4v) is 5.59. The molecule has 3 heterocycles. The van der Waals surface area contributed by atoms with Crippen LogP contribution >= 0.6 is 23.1 Å². The van der Waals surface area contributed by atoms with E-state index in [1.807, 2.05) is 36.4 Å². The lowest BCUT2D eigenvalue weighted by Gasteiger charge is -2.21. The first-order valence-corrected chi connectivity index (χ1v) is 10.2. The number of benzene rings is 1. The summed E-state index contributed by atoms with van der Waals surface area (Å²) in [6.45, 7) is 1.58. The topological polar surface area (TPSA) is 58.2 Å². The largest absolute Gasteiger partial charge is 0.348 e. The number of hydrogen-bond acceptors (Lipinski definition) is 5. The summed E-state index contributed by atoms with van der Waals surface area (Å²) in [5.41, 5.74) is 0.697. The predicted molar refractivity (Wildman–Crippen MR) is 101 cm³/mol. The van der Waals surface area contributed by atoms with Gasteiger partial charge in [0.1, 0.15) is 0 Å². The second-order valence-corrected chi connectivity index (χ2v) is 9.12. The molecule has 0 radical (unpaired) electrons. The van der Waals surface area contributed by atoms with Gasteiger partial charge in [-0.2, -0.15) is 0 Å². The Labute approximate surface area is 155 Å². The van der Waals surface area contributed by atoms with E-state index in [0.29, 0.717) is 17.6 Å². The van der Waals surface area contributed by atoms with Gasteiger partial charge in [-0.25, -0.2) is 0 Å². The minimum Gasteiger partial charge on any atom is -0.348 e. The van der Waals surface area contributed by atoms with Crippen molar-refractivity contribution in [2.45, 2.75) is 53.4 Å². The number of hydrogen-bond donors (Lipinski definition) is 2. The van der Waals surface area contributed by atoms with Gasteiger partial charge < -0.3 is 10.6 Å². The summed E-state index contributed by atoms with van der Waals surface area (Å²) in [5.74, 6) is 0.102. The highest BCUT2D eigenvalue weighted by atomic mass is 32.2. The van der Waals surface area contributed by atoms with Crippen molar-refractivity contribution in [1.29, 1.82) is 0 Å². The fraction of sp³-hybridized carbons (Fsp3) is 0.368. The number of amides is 1. The van der Waals surface area contributed by atoms with Gasteiger partial charge in [-0.15, -0.1) is 11.3 Å². The molecule has 25 heavy (non-hydrogen) atoms. The zero-order chi connectivity index (χ0) is 17.4. The third-order valence-electron chi connectivity index (χ3n) is 4.88. The normalized spacial score (nSPS) is 24.4. The fourth-order valence-electron chi connectivity index (χ4n) is 3.59. The maximum Gasteiger partial charge on any atom is 0.251 e. The quantitative estimate of drug-likeness (QED) is 0.786. The monoisotopic (exact) mass is 372 g/mol. The SMILES string of the molecule is CC(=O)c1ccc(Sc2ccc(C(=O)N[C@@H]3C[C@H]4CC[C@@H]3N4)cc2)s1. The number of rotatable bonds is 5. The van der Waals surface area contributed by atoms with Crippen LogP contribution in [0.25, 0.3) is 0 Å². The molecule has 2 aromatic rings. The Morgan fingerprint density at radius 2 is 1.96 bits per heavy atom. The van der Waals surface area contributed by atoms with Crippen molar-refractivity contribution in [3.8, 4) is 0 Å². The summed E-state index contributed by atoms with van der Waals surface area (Å²) in [5, 5.41) is 6.71. The Morgan fingerprint density at radius 1 is 1.16 bits per heavy atom. The first kappa shape index (κ1) is 16.8. The third kappa shape index (κ3) is 3.66. The summed E-state index contributed by atoms with van der Waals surface area (Å²) in [7, 11) is 0. The molecule has 6 heteroatoms. The van der Waals surface area contributed by atoms with E-state index in [4.69, 9.17) is 0 Å². The van der Waals surface area contributed by atoms with Gasteiger partial charge in [0, 0.05) is 28.6 Å². The Morgan fingerprint density at radius 3 is 2.56 bits per heavy atom. The molecule has 3 atom stereocenters. The molecule has 2 aliphatic heterocycles. The number of nitrogens with one attached hydrogen (secondary N) is 2. The number of carbonyl (C=O) groups is 2. The maximum atomic E-state index is 12.4. The van der Waals surface area contributed by atoms with Crippen LogP contribution in [0.2, 0.25) is 0 Å². The van der Waals surface area contributed by atoms with Gasteiger partial charge in [-0.1, -0.05) is 11.8 Å². The maximum absolute atomic E-state index is 12.4. The summed E-state index contributed by atoms with van der Waals surface area (Å²) < 4.78 is 1.08. The van der Waals surface area contributed by atoms with E-state index in [1.165, 1.54) is 17.8 Å². The third-order valence-corrected chi connectivity index (χ3v) is 7.21. The molecule has 2 aliphatic rings. The van der Waals surface area contributed by atoms with Crippen molar-refractivity contribution in [2.75, 3.05) is 0 Å². The standard InChI is InChI=1S/C19H20N2O2S2/c1-11(22)17-8-9-18(25-17)24-14-5-2-12(3-6-14)19(23)21-16-10-13-4-7-15(16)20-13/h2-3,5-6,8-9,13,15-16,20H,4,7,10H2,1H3,(H,21,23)/t13-,15+,16-/m1/s1. The molecule has 2 bridgehead atoms. The number of thiophene rings is 1. The lowest BCUT2D eigenvalue weighted by atomic mass is 9.95. The van der Waals surface area contributed by atoms with E-state index in [-0.39, 0.29) is 17.7 Å². The van der Waals surface area contributed by atoms with Gasteiger partial charge in [-0.3, -0.25) is 9.59 Å². The van der Waals surface area contributed by atoms with Crippen LogP contribution in [0.15, 0.2) is 45.5 Å². The molecule has 4 rings (SSSR count). The summed E-state index contributed by atoms with van der Waals surface area (Å²) in [6.07, 6.45) is 3.44. The van der Waals surface area contributed by atoms with E-state index in [1.54, 1.807) is 18.7 Å². The number of fused-ring (bicyclic) bond motifs is 2. The van der Waals surface area contributed by atoms with Crippen molar-refractivity contribution in [1.82, 2.24) is 10.6 Å². The molecule has 0 aliphatic carbocycles. The summed E-state index contributed by atoms with van der Waals surface area (Å²) >= 11 is 3.12. The van der Waals surface area contributed by atoms with Crippen LogP contribution in [-0.2, 0) is 0 Å². The zero-order valence-electron chi connectivity index (χ0n) is 14.0. The van der Waals surface area contributed by atoms with E-state index in [9.17, 15) is 9.59 Å². The molecular formula is C19H20N2O2S2. The second-order valence-electron chi connectivity index (χ2n) is 6.66. The number of ketones is 1. The van der Waals surface area contributed by atoms with E-state index in [0.717, 1.165) is 26.8 Å². The van der Waals surface area contributed by atoms with Gasteiger partial charge in [-0.05, 0) is 62.6 Å². The van der Waals surface area contributed by atoms with Crippen molar-refractivity contribution in [3.63, 3.8) is 0 Å². The number of Topliss-reactive ketones (excluding diaryl/α,β-unsaturated/α-hetero) is 1. The van der Waals surface area contributed by atoms with E-state index < -0.39 is 0 Å². The molecular weight excluding hydrogens is 352 g/mol. The minimum atomic E-state index is 0.00545. The Kier molecular flexibility index (Phi) is 4.67. The van der Waals surface area contributed by atoms with Gasteiger partial charge >= 0.3 is 0 Å². The molecule has 1 aromatic carbocycles. The highest BCUT2D eigenvalue weighted by Crippen LogP contribution is 2.34. The van der Waals surface area contributed by atoms with Crippen molar-refractivity contribution in [3.05, 3.63) is 46.8 Å².